The van der Waals surface area contributed by atoms with Crippen LogP contribution in [0.4, 0.5) is 0 Å². The van der Waals surface area contributed by atoms with Gasteiger partial charge in [0.05, 0.1) is 0 Å². The zero-order valence-corrected chi connectivity index (χ0v) is 10.4. The fourth-order valence-electron chi connectivity index (χ4n) is 1.86. The Balaban J connectivity index is 2.52. The molecule has 0 fully saturated rings. The van der Waals surface area contributed by atoms with E-state index in [1.54, 1.807) is 0 Å². The molecule has 0 unspecified atom stereocenters. The fourth-order valence-corrected chi connectivity index (χ4v) is 1.86. The molecule has 0 atom stereocenters. The molecule has 3 nitrogen and oxygen atoms in total. The molecule has 0 bridgehead atoms. The van der Waals surface area contributed by atoms with Gasteiger partial charge in [-0.1, -0.05) is 13.0 Å². The van der Waals surface area contributed by atoms with Crippen molar-refractivity contribution in [1.29, 1.82) is 0 Å². The number of aromatic nitrogens is 1. The smallest absolute Gasteiger partial charge is 0.0313 e. The minimum atomic E-state index is 0.770. The molecule has 90 valence electrons. The quantitative estimate of drug-likeness (QED) is 0.765. The van der Waals surface area contributed by atoms with Gasteiger partial charge < -0.3 is 5.73 Å². The molecular formula is C13H23N3. The molecule has 1 aromatic heterocycles. The van der Waals surface area contributed by atoms with Crippen LogP contribution in [0.5, 0.6) is 0 Å². The third-order valence-electron chi connectivity index (χ3n) is 2.56. The van der Waals surface area contributed by atoms with Crippen molar-refractivity contribution in [2.45, 2.75) is 33.2 Å². The molecule has 0 amide bonds. The van der Waals surface area contributed by atoms with Gasteiger partial charge >= 0.3 is 0 Å². The SMILES string of the molecule is CCCN(CCCN)Cc1cncc(C)c1. The van der Waals surface area contributed by atoms with Gasteiger partial charge in [-0.3, -0.25) is 9.88 Å². The number of rotatable bonds is 7. The number of nitrogens with zero attached hydrogens (tertiary/aromatic N) is 2. The van der Waals surface area contributed by atoms with E-state index in [0.717, 1.165) is 32.6 Å². The second-order valence-corrected chi connectivity index (χ2v) is 4.29. The lowest BCUT2D eigenvalue weighted by Crippen LogP contribution is -2.26. The van der Waals surface area contributed by atoms with Crippen molar-refractivity contribution in [2.75, 3.05) is 19.6 Å². The molecule has 0 saturated carbocycles. The first kappa shape index (κ1) is 13.1. The van der Waals surface area contributed by atoms with Crippen LogP contribution in [0.15, 0.2) is 18.5 Å². The Bertz CT molecular complexity index is 299. The van der Waals surface area contributed by atoms with Gasteiger partial charge in [-0.15, -0.1) is 0 Å². The molecule has 0 aliphatic rings. The molecule has 0 aliphatic carbocycles. The normalized spacial score (nSPS) is 11.0. The Morgan fingerprint density at radius 1 is 1.31 bits per heavy atom. The Hall–Kier alpha value is -0.930. The Kier molecular flexibility index (Phi) is 6.04. The van der Waals surface area contributed by atoms with Gasteiger partial charge in [0.15, 0.2) is 0 Å². The minimum Gasteiger partial charge on any atom is -0.330 e. The highest BCUT2D eigenvalue weighted by molar-refractivity contribution is 5.16. The van der Waals surface area contributed by atoms with Crippen LogP contribution >= 0.6 is 0 Å². The summed E-state index contributed by atoms with van der Waals surface area (Å²) in [6.45, 7) is 8.27. The van der Waals surface area contributed by atoms with E-state index in [2.05, 4.69) is 29.8 Å². The molecule has 1 rings (SSSR count). The Labute approximate surface area is 98.7 Å². The highest BCUT2D eigenvalue weighted by Crippen LogP contribution is 2.06. The zero-order valence-electron chi connectivity index (χ0n) is 10.4. The monoisotopic (exact) mass is 221 g/mol. The summed E-state index contributed by atoms with van der Waals surface area (Å²) in [7, 11) is 0. The molecule has 16 heavy (non-hydrogen) atoms. The predicted octanol–water partition coefficient (Wildman–Crippen LogP) is 1.95. The first-order valence-electron chi connectivity index (χ1n) is 6.09. The summed E-state index contributed by atoms with van der Waals surface area (Å²) in [6.07, 6.45) is 6.11. The summed E-state index contributed by atoms with van der Waals surface area (Å²) in [5.74, 6) is 0. The van der Waals surface area contributed by atoms with Crippen molar-refractivity contribution in [3.63, 3.8) is 0 Å². The van der Waals surface area contributed by atoms with Gasteiger partial charge in [0.2, 0.25) is 0 Å². The van der Waals surface area contributed by atoms with E-state index in [-0.39, 0.29) is 0 Å². The Morgan fingerprint density at radius 3 is 2.75 bits per heavy atom. The molecule has 0 aromatic carbocycles. The second kappa shape index (κ2) is 7.36. The lowest BCUT2D eigenvalue weighted by atomic mass is 10.2. The topological polar surface area (TPSA) is 42.1 Å². The van der Waals surface area contributed by atoms with Gasteiger partial charge in [-0.25, -0.2) is 0 Å². The summed E-state index contributed by atoms with van der Waals surface area (Å²) < 4.78 is 0. The maximum atomic E-state index is 5.55. The molecule has 1 aromatic rings. The van der Waals surface area contributed by atoms with E-state index in [4.69, 9.17) is 5.73 Å². The number of aryl methyl sites for hydroxylation is 1. The summed E-state index contributed by atoms with van der Waals surface area (Å²) >= 11 is 0. The zero-order chi connectivity index (χ0) is 11.8. The van der Waals surface area contributed by atoms with E-state index >= 15 is 0 Å². The van der Waals surface area contributed by atoms with Crippen LogP contribution in [0, 0.1) is 6.92 Å². The molecule has 2 N–H and O–H groups in total. The van der Waals surface area contributed by atoms with Gasteiger partial charge in [0.25, 0.3) is 0 Å². The van der Waals surface area contributed by atoms with Gasteiger partial charge in [-0.05, 0) is 50.5 Å². The second-order valence-electron chi connectivity index (χ2n) is 4.29. The number of nitrogens with two attached hydrogens (primary N) is 1. The van der Waals surface area contributed by atoms with E-state index in [1.165, 1.54) is 17.5 Å². The highest BCUT2D eigenvalue weighted by atomic mass is 15.1. The van der Waals surface area contributed by atoms with Crippen molar-refractivity contribution in [3.05, 3.63) is 29.6 Å². The average molecular weight is 221 g/mol. The summed E-state index contributed by atoms with van der Waals surface area (Å²) in [6, 6.07) is 2.21. The van der Waals surface area contributed by atoms with Crippen LogP contribution in [0.3, 0.4) is 0 Å². The molecule has 0 spiro atoms. The third kappa shape index (κ3) is 4.73. The van der Waals surface area contributed by atoms with Crippen LogP contribution in [0.2, 0.25) is 0 Å². The minimum absolute atomic E-state index is 0.770. The molecule has 3 heteroatoms. The molecule has 1 heterocycles. The number of hydrogen-bond acceptors (Lipinski definition) is 3. The van der Waals surface area contributed by atoms with E-state index < -0.39 is 0 Å². The van der Waals surface area contributed by atoms with E-state index in [9.17, 15) is 0 Å². The van der Waals surface area contributed by atoms with Crippen LogP contribution in [-0.2, 0) is 6.54 Å². The first-order valence-corrected chi connectivity index (χ1v) is 6.09. The van der Waals surface area contributed by atoms with Crippen molar-refractivity contribution in [3.8, 4) is 0 Å². The predicted molar refractivity (Wildman–Crippen MR) is 68.2 cm³/mol. The van der Waals surface area contributed by atoms with E-state index in [1.807, 2.05) is 12.4 Å². The summed E-state index contributed by atoms with van der Waals surface area (Å²) in [5, 5.41) is 0. The summed E-state index contributed by atoms with van der Waals surface area (Å²) in [5.41, 5.74) is 8.08. The van der Waals surface area contributed by atoms with Gasteiger partial charge in [-0.2, -0.15) is 0 Å². The van der Waals surface area contributed by atoms with Crippen molar-refractivity contribution in [2.24, 2.45) is 5.73 Å². The molecular weight excluding hydrogens is 198 g/mol. The maximum Gasteiger partial charge on any atom is 0.0313 e. The standard InChI is InChI=1S/C13H23N3/c1-3-6-16(7-4-5-14)11-13-8-12(2)9-15-10-13/h8-10H,3-7,11,14H2,1-2H3. The summed E-state index contributed by atoms with van der Waals surface area (Å²) in [4.78, 5) is 6.67. The number of pyridine rings is 1. The average Bonchev–Trinajstić information content (AvgIpc) is 2.26. The third-order valence-corrected chi connectivity index (χ3v) is 2.56. The molecule has 0 aliphatic heterocycles. The van der Waals surface area contributed by atoms with Crippen LogP contribution in [0.1, 0.15) is 30.9 Å². The van der Waals surface area contributed by atoms with Crippen LogP contribution in [0.25, 0.3) is 0 Å². The van der Waals surface area contributed by atoms with Crippen LogP contribution < -0.4 is 5.73 Å². The fraction of sp³-hybridized carbons (Fsp3) is 0.615. The van der Waals surface area contributed by atoms with Crippen molar-refractivity contribution in [1.82, 2.24) is 9.88 Å². The van der Waals surface area contributed by atoms with Crippen molar-refractivity contribution >= 4 is 0 Å². The Morgan fingerprint density at radius 2 is 2.12 bits per heavy atom. The molecule has 0 saturated heterocycles. The van der Waals surface area contributed by atoms with E-state index in [0.29, 0.717) is 0 Å². The van der Waals surface area contributed by atoms with Gasteiger partial charge in [0.1, 0.15) is 0 Å². The number of hydrogen-bond donors (Lipinski definition) is 1. The van der Waals surface area contributed by atoms with Gasteiger partial charge in [0, 0.05) is 18.9 Å². The molecule has 0 radical (unpaired) electrons. The lowest BCUT2D eigenvalue weighted by molar-refractivity contribution is 0.264. The first-order chi connectivity index (χ1) is 7.76. The maximum absolute atomic E-state index is 5.55. The van der Waals surface area contributed by atoms with Crippen LogP contribution in [-0.4, -0.2) is 29.5 Å². The lowest BCUT2D eigenvalue weighted by Gasteiger charge is -2.21. The largest absolute Gasteiger partial charge is 0.330 e. The van der Waals surface area contributed by atoms with Crippen molar-refractivity contribution < 1.29 is 0 Å². The highest BCUT2D eigenvalue weighted by Gasteiger charge is 2.04.